The fourth-order valence-electron chi connectivity index (χ4n) is 1.03. The second kappa shape index (κ2) is 5.66. The van der Waals surface area contributed by atoms with Crippen LogP contribution in [0.3, 0.4) is 0 Å². The molecule has 78 valence electrons. The first-order chi connectivity index (χ1) is 7.27. The first-order valence-electron chi connectivity index (χ1n) is 4.70. The van der Waals surface area contributed by atoms with E-state index in [1.807, 2.05) is 13.0 Å². The van der Waals surface area contributed by atoms with Gasteiger partial charge in [0.05, 0.1) is 17.9 Å². The summed E-state index contributed by atoms with van der Waals surface area (Å²) >= 11 is 0. The summed E-state index contributed by atoms with van der Waals surface area (Å²) in [6.45, 7) is 2.29. The Labute approximate surface area is 88.5 Å². The number of nitrogens with one attached hydrogen (secondary N) is 1. The highest BCUT2D eigenvalue weighted by molar-refractivity contribution is 5.86. The average molecular weight is 204 g/mol. The Bertz CT molecular complexity index is 382. The summed E-state index contributed by atoms with van der Waals surface area (Å²) in [5, 5.41) is 11.3. The van der Waals surface area contributed by atoms with Gasteiger partial charge < -0.3 is 4.74 Å². The van der Waals surface area contributed by atoms with E-state index in [1.54, 1.807) is 24.3 Å². The average Bonchev–Trinajstić information content (AvgIpc) is 2.27. The van der Waals surface area contributed by atoms with Crippen molar-refractivity contribution in [3.63, 3.8) is 0 Å². The Morgan fingerprint density at radius 1 is 1.53 bits per heavy atom. The van der Waals surface area contributed by atoms with E-state index in [1.165, 1.54) is 0 Å². The molecule has 0 aliphatic carbocycles. The molecule has 1 amide bonds. The molecule has 1 aromatic carbocycles. The van der Waals surface area contributed by atoms with Crippen LogP contribution in [0.2, 0.25) is 0 Å². The molecule has 1 aromatic rings. The van der Waals surface area contributed by atoms with E-state index in [2.05, 4.69) is 5.32 Å². The maximum atomic E-state index is 11.2. The zero-order chi connectivity index (χ0) is 11.1. The van der Waals surface area contributed by atoms with Crippen molar-refractivity contribution in [2.75, 3.05) is 11.9 Å². The summed E-state index contributed by atoms with van der Waals surface area (Å²) in [5.41, 5.74) is 0.895. The minimum Gasteiger partial charge on any atom is -0.449 e. The summed E-state index contributed by atoms with van der Waals surface area (Å²) in [6.07, 6.45) is 0.243. The van der Waals surface area contributed by atoms with Crippen molar-refractivity contribution in [3.05, 3.63) is 29.8 Å². The minimum atomic E-state index is -0.528. The van der Waals surface area contributed by atoms with E-state index in [9.17, 15) is 4.79 Å². The van der Waals surface area contributed by atoms with Crippen molar-refractivity contribution in [1.29, 1.82) is 5.26 Å². The number of para-hydroxylation sites is 1. The first-order valence-corrected chi connectivity index (χ1v) is 4.70. The normalized spacial score (nSPS) is 9.07. The molecule has 0 unspecified atom stereocenters. The van der Waals surface area contributed by atoms with E-state index in [0.29, 0.717) is 17.9 Å². The predicted octanol–water partition coefficient (Wildman–Crippen LogP) is 2.52. The lowest BCUT2D eigenvalue weighted by Gasteiger charge is -2.06. The van der Waals surface area contributed by atoms with Crippen LogP contribution >= 0.6 is 0 Å². The third kappa shape index (κ3) is 3.31. The van der Waals surface area contributed by atoms with Crippen molar-refractivity contribution in [1.82, 2.24) is 0 Å². The highest BCUT2D eigenvalue weighted by Gasteiger charge is 2.05. The Kier molecular flexibility index (Phi) is 4.17. The van der Waals surface area contributed by atoms with Crippen LogP contribution in [-0.4, -0.2) is 12.7 Å². The van der Waals surface area contributed by atoms with Gasteiger partial charge in [-0.05, 0) is 18.6 Å². The second-order valence-electron chi connectivity index (χ2n) is 2.92. The van der Waals surface area contributed by atoms with Crippen LogP contribution in [-0.2, 0) is 4.74 Å². The quantitative estimate of drug-likeness (QED) is 0.822. The Balaban J connectivity index is 2.64. The van der Waals surface area contributed by atoms with Gasteiger partial charge in [0.2, 0.25) is 0 Å². The number of anilines is 1. The molecule has 0 atom stereocenters. The molecule has 0 saturated heterocycles. The summed E-state index contributed by atoms with van der Waals surface area (Å²) in [5.74, 6) is 0. The molecule has 0 aliphatic rings. The molecule has 0 heterocycles. The van der Waals surface area contributed by atoms with Crippen LogP contribution < -0.4 is 5.32 Å². The molecule has 0 fully saturated rings. The third-order valence-electron chi connectivity index (χ3n) is 1.72. The molecule has 0 aromatic heterocycles. The number of ether oxygens (including phenoxy) is 1. The Morgan fingerprint density at radius 3 is 2.93 bits per heavy atom. The number of amides is 1. The Hall–Kier alpha value is -2.02. The molecule has 0 radical (unpaired) electrons. The van der Waals surface area contributed by atoms with E-state index < -0.39 is 6.09 Å². The molecular weight excluding hydrogens is 192 g/mol. The second-order valence-corrected chi connectivity index (χ2v) is 2.92. The molecule has 0 bridgehead atoms. The zero-order valence-corrected chi connectivity index (χ0v) is 8.49. The van der Waals surface area contributed by atoms with Gasteiger partial charge in [0, 0.05) is 0 Å². The first kappa shape index (κ1) is 11.1. The lowest BCUT2D eigenvalue weighted by atomic mass is 10.2. The number of nitriles is 1. The van der Waals surface area contributed by atoms with Crippen LogP contribution in [0.5, 0.6) is 0 Å². The van der Waals surface area contributed by atoms with E-state index in [4.69, 9.17) is 10.00 Å². The van der Waals surface area contributed by atoms with Gasteiger partial charge in [-0.1, -0.05) is 19.1 Å². The van der Waals surface area contributed by atoms with Crippen molar-refractivity contribution in [2.45, 2.75) is 13.3 Å². The van der Waals surface area contributed by atoms with Gasteiger partial charge in [-0.25, -0.2) is 4.79 Å². The number of benzene rings is 1. The monoisotopic (exact) mass is 204 g/mol. The molecule has 1 rings (SSSR count). The molecule has 15 heavy (non-hydrogen) atoms. The van der Waals surface area contributed by atoms with Crippen molar-refractivity contribution < 1.29 is 9.53 Å². The van der Waals surface area contributed by atoms with Crippen LogP contribution in [0.15, 0.2) is 24.3 Å². The van der Waals surface area contributed by atoms with Crippen LogP contribution in [0.4, 0.5) is 10.5 Å². The van der Waals surface area contributed by atoms with Crippen molar-refractivity contribution in [2.24, 2.45) is 0 Å². The SMILES string of the molecule is CCCOC(=O)Nc1ccccc1C#N. The molecule has 1 N–H and O–H groups in total. The van der Waals surface area contributed by atoms with Gasteiger partial charge >= 0.3 is 6.09 Å². The fraction of sp³-hybridized carbons (Fsp3) is 0.273. The number of carbonyl (C=O) groups excluding carboxylic acids is 1. The van der Waals surface area contributed by atoms with Gasteiger partial charge in [0.1, 0.15) is 6.07 Å². The fourth-order valence-corrected chi connectivity index (χ4v) is 1.03. The number of nitrogens with zero attached hydrogens (tertiary/aromatic N) is 1. The van der Waals surface area contributed by atoms with Crippen molar-refractivity contribution >= 4 is 11.8 Å². The number of rotatable bonds is 3. The van der Waals surface area contributed by atoms with E-state index in [-0.39, 0.29) is 0 Å². The Morgan fingerprint density at radius 2 is 2.27 bits per heavy atom. The minimum absolute atomic E-state index is 0.376. The summed E-state index contributed by atoms with van der Waals surface area (Å²) in [4.78, 5) is 11.2. The topological polar surface area (TPSA) is 62.1 Å². The van der Waals surface area contributed by atoms with Crippen LogP contribution in [0.25, 0.3) is 0 Å². The van der Waals surface area contributed by atoms with Gasteiger partial charge in [-0.2, -0.15) is 5.26 Å². The predicted molar refractivity (Wildman–Crippen MR) is 56.4 cm³/mol. The molecule has 0 aliphatic heterocycles. The molecule has 4 heteroatoms. The lowest BCUT2D eigenvalue weighted by Crippen LogP contribution is -2.14. The molecule has 4 nitrogen and oxygen atoms in total. The smallest absolute Gasteiger partial charge is 0.411 e. The van der Waals surface area contributed by atoms with E-state index >= 15 is 0 Å². The largest absolute Gasteiger partial charge is 0.449 e. The summed E-state index contributed by atoms with van der Waals surface area (Å²) in [7, 11) is 0. The van der Waals surface area contributed by atoms with Crippen molar-refractivity contribution in [3.8, 4) is 6.07 Å². The maximum Gasteiger partial charge on any atom is 0.411 e. The number of carbonyl (C=O) groups is 1. The summed E-state index contributed by atoms with van der Waals surface area (Å²) in [6, 6.07) is 8.76. The number of hydrogen-bond acceptors (Lipinski definition) is 3. The highest BCUT2D eigenvalue weighted by atomic mass is 16.5. The standard InChI is InChI=1S/C11H12N2O2/c1-2-7-15-11(14)13-10-6-4-3-5-9(10)8-12/h3-6H,2,7H2,1H3,(H,13,14). The highest BCUT2D eigenvalue weighted by Crippen LogP contribution is 2.13. The van der Waals surface area contributed by atoms with Gasteiger partial charge in [-0.15, -0.1) is 0 Å². The zero-order valence-electron chi connectivity index (χ0n) is 8.49. The molecular formula is C11H12N2O2. The molecule has 0 saturated carbocycles. The summed E-state index contributed by atoms with van der Waals surface area (Å²) < 4.78 is 4.84. The van der Waals surface area contributed by atoms with Crippen LogP contribution in [0.1, 0.15) is 18.9 Å². The van der Waals surface area contributed by atoms with Gasteiger partial charge in [0.15, 0.2) is 0 Å². The maximum absolute atomic E-state index is 11.2. The molecule has 0 spiro atoms. The third-order valence-corrected chi connectivity index (χ3v) is 1.72. The van der Waals surface area contributed by atoms with Gasteiger partial charge in [0.25, 0.3) is 0 Å². The van der Waals surface area contributed by atoms with E-state index in [0.717, 1.165) is 6.42 Å². The number of hydrogen-bond donors (Lipinski definition) is 1. The van der Waals surface area contributed by atoms with Crippen LogP contribution in [0, 0.1) is 11.3 Å². The lowest BCUT2D eigenvalue weighted by molar-refractivity contribution is 0.161. The van der Waals surface area contributed by atoms with Gasteiger partial charge in [-0.3, -0.25) is 5.32 Å².